The number of nitrogens with zero attached hydrogens (tertiary/aromatic N) is 2. The van der Waals surface area contributed by atoms with Crippen molar-refractivity contribution in [1.82, 2.24) is 9.97 Å². The van der Waals surface area contributed by atoms with Crippen molar-refractivity contribution in [2.45, 2.75) is 18.7 Å². The van der Waals surface area contributed by atoms with Crippen LogP contribution in [0.25, 0.3) is 0 Å². The van der Waals surface area contributed by atoms with E-state index in [1.54, 1.807) is 38.1 Å². The predicted octanol–water partition coefficient (Wildman–Crippen LogP) is 4.34. The maximum Gasteiger partial charge on any atom is 0.322 e. The van der Waals surface area contributed by atoms with Crippen LogP contribution in [0, 0.1) is 13.8 Å². The van der Waals surface area contributed by atoms with Crippen molar-refractivity contribution in [3.63, 3.8) is 0 Å². The van der Waals surface area contributed by atoms with Crippen LogP contribution in [0.1, 0.15) is 11.4 Å². The maximum absolute atomic E-state index is 12.6. The minimum atomic E-state index is -3.81. The molecule has 0 bridgehead atoms. The molecule has 0 saturated heterocycles. The number of benzene rings is 2. The van der Waals surface area contributed by atoms with Gasteiger partial charge in [-0.25, -0.2) is 8.42 Å². The highest BCUT2D eigenvalue weighted by molar-refractivity contribution is 7.92. The third kappa shape index (κ3) is 4.12. The fourth-order valence-corrected chi connectivity index (χ4v) is 3.78. The third-order valence-electron chi connectivity index (χ3n) is 3.55. The second-order valence-electron chi connectivity index (χ2n) is 5.53. The van der Waals surface area contributed by atoms with Crippen molar-refractivity contribution < 1.29 is 13.2 Å². The Hall–Kier alpha value is -2.64. The Morgan fingerprint density at radius 2 is 1.62 bits per heavy atom. The van der Waals surface area contributed by atoms with Crippen molar-refractivity contribution in [3.8, 4) is 11.8 Å². The number of ether oxygens (including phenoxy) is 1. The van der Waals surface area contributed by atoms with Crippen LogP contribution in [0.2, 0.25) is 5.02 Å². The Kier molecular flexibility index (Phi) is 5.11. The molecule has 1 aromatic heterocycles. The number of aryl methyl sites for hydroxylation is 2. The summed E-state index contributed by atoms with van der Waals surface area (Å²) < 4.78 is 33.3. The summed E-state index contributed by atoms with van der Waals surface area (Å²) in [7, 11) is -3.81. The lowest BCUT2D eigenvalue weighted by Gasteiger charge is -2.14. The molecule has 0 fully saturated rings. The van der Waals surface area contributed by atoms with E-state index in [-0.39, 0.29) is 10.9 Å². The maximum atomic E-state index is 12.6. The van der Waals surface area contributed by atoms with Gasteiger partial charge in [0.1, 0.15) is 5.75 Å². The molecule has 0 unspecified atom stereocenters. The van der Waals surface area contributed by atoms with Gasteiger partial charge in [-0.15, -0.1) is 0 Å². The average molecular weight is 390 g/mol. The molecule has 0 amide bonds. The molecular weight excluding hydrogens is 374 g/mol. The van der Waals surface area contributed by atoms with Gasteiger partial charge in [0.05, 0.1) is 22.0 Å². The van der Waals surface area contributed by atoms with Gasteiger partial charge < -0.3 is 4.74 Å². The molecule has 0 spiro atoms. The summed E-state index contributed by atoms with van der Waals surface area (Å²) in [6.45, 7) is 3.37. The highest BCUT2D eigenvalue weighted by atomic mass is 35.5. The van der Waals surface area contributed by atoms with E-state index in [1.807, 2.05) is 18.2 Å². The normalized spacial score (nSPS) is 11.2. The smallest absolute Gasteiger partial charge is 0.322 e. The van der Waals surface area contributed by atoms with Crippen LogP contribution in [0.15, 0.2) is 59.5 Å². The lowest BCUT2D eigenvalue weighted by molar-refractivity contribution is 0.439. The highest BCUT2D eigenvalue weighted by Crippen LogP contribution is 2.26. The molecular formula is C18H16ClN3O3S. The van der Waals surface area contributed by atoms with E-state index in [0.29, 0.717) is 27.8 Å². The zero-order chi connectivity index (χ0) is 18.7. The Balaban J connectivity index is 1.89. The van der Waals surface area contributed by atoms with E-state index in [2.05, 4.69) is 14.7 Å². The molecule has 0 aliphatic rings. The number of rotatable bonds is 5. The summed E-state index contributed by atoms with van der Waals surface area (Å²) >= 11 is 5.88. The van der Waals surface area contributed by atoms with E-state index in [9.17, 15) is 8.42 Å². The molecule has 2 aromatic carbocycles. The second-order valence-corrected chi connectivity index (χ2v) is 7.65. The van der Waals surface area contributed by atoms with Crippen molar-refractivity contribution >= 4 is 27.3 Å². The lowest BCUT2D eigenvalue weighted by Crippen LogP contribution is -2.16. The van der Waals surface area contributed by atoms with E-state index < -0.39 is 10.0 Å². The van der Waals surface area contributed by atoms with Crippen LogP contribution >= 0.6 is 11.6 Å². The van der Waals surface area contributed by atoms with Gasteiger partial charge in [0.2, 0.25) is 0 Å². The van der Waals surface area contributed by atoms with Crippen LogP contribution in [0.3, 0.4) is 0 Å². The quantitative estimate of drug-likeness (QED) is 0.701. The first kappa shape index (κ1) is 18.2. The molecule has 0 aliphatic heterocycles. The van der Waals surface area contributed by atoms with Crippen LogP contribution in [0.5, 0.6) is 11.8 Å². The van der Waals surface area contributed by atoms with E-state index >= 15 is 0 Å². The topological polar surface area (TPSA) is 81.2 Å². The fourth-order valence-electron chi connectivity index (χ4n) is 2.30. The molecule has 0 aliphatic carbocycles. The predicted molar refractivity (Wildman–Crippen MR) is 100 cm³/mol. The lowest BCUT2D eigenvalue weighted by atomic mass is 10.3. The third-order valence-corrected chi connectivity index (χ3v) is 5.13. The Bertz CT molecular complexity index is 1020. The summed E-state index contributed by atoms with van der Waals surface area (Å²) in [6, 6.07) is 15.3. The zero-order valence-electron chi connectivity index (χ0n) is 14.1. The average Bonchev–Trinajstić information content (AvgIpc) is 2.59. The Morgan fingerprint density at radius 3 is 2.23 bits per heavy atom. The van der Waals surface area contributed by atoms with Gasteiger partial charge in [-0.3, -0.25) is 4.72 Å². The van der Waals surface area contributed by atoms with Crippen LogP contribution < -0.4 is 9.46 Å². The molecule has 1 heterocycles. The van der Waals surface area contributed by atoms with Gasteiger partial charge in [-0.2, -0.15) is 9.97 Å². The van der Waals surface area contributed by atoms with E-state index in [0.717, 1.165) is 0 Å². The zero-order valence-corrected chi connectivity index (χ0v) is 15.7. The number of hydrogen-bond acceptors (Lipinski definition) is 5. The largest absolute Gasteiger partial charge is 0.424 e. The molecule has 8 heteroatoms. The van der Waals surface area contributed by atoms with Crippen molar-refractivity contribution in [3.05, 3.63) is 71.0 Å². The molecule has 0 saturated carbocycles. The number of halogens is 1. The highest BCUT2D eigenvalue weighted by Gasteiger charge is 2.19. The first-order chi connectivity index (χ1) is 12.3. The minimum Gasteiger partial charge on any atom is -0.424 e. The van der Waals surface area contributed by atoms with Gasteiger partial charge in [0.15, 0.2) is 0 Å². The minimum absolute atomic E-state index is 0.0633. The number of para-hydroxylation sites is 1. The number of anilines is 1. The summed E-state index contributed by atoms with van der Waals surface area (Å²) in [6.07, 6.45) is 0. The van der Waals surface area contributed by atoms with Crippen molar-refractivity contribution in [1.29, 1.82) is 0 Å². The number of nitrogens with one attached hydrogen (secondary N) is 1. The molecule has 134 valence electrons. The molecule has 3 rings (SSSR count). The number of aromatic nitrogens is 2. The van der Waals surface area contributed by atoms with Gasteiger partial charge in [-0.1, -0.05) is 35.9 Å². The van der Waals surface area contributed by atoms with Gasteiger partial charge in [-0.05, 0) is 44.2 Å². The van der Waals surface area contributed by atoms with Gasteiger partial charge in [0.25, 0.3) is 10.0 Å². The van der Waals surface area contributed by atoms with Gasteiger partial charge in [0, 0.05) is 5.02 Å². The van der Waals surface area contributed by atoms with Crippen molar-refractivity contribution in [2.75, 3.05) is 4.72 Å². The monoisotopic (exact) mass is 389 g/mol. The summed E-state index contributed by atoms with van der Waals surface area (Å²) in [5.41, 5.74) is 1.22. The number of hydrogen-bond donors (Lipinski definition) is 1. The van der Waals surface area contributed by atoms with Gasteiger partial charge >= 0.3 is 6.01 Å². The SMILES string of the molecule is Cc1nc(Oc2ccccc2)nc(C)c1NS(=O)(=O)c1cccc(Cl)c1. The molecule has 0 radical (unpaired) electrons. The Labute approximate surface area is 156 Å². The molecule has 0 atom stereocenters. The summed E-state index contributed by atoms with van der Waals surface area (Å²) in [4.78, 5) is 8.54. The van der Waals surface area contributed by atoms with Crippen molar-refractivity contribution in [2.24, 2.45) is 0 Å². The molecule has 6 nitrogen and oxygen atoms in total. The molecule has 26 heavy (non-hydrogen) atoms. The standard InChI is InChI=1S/C18H16ClN3O3S/c1-12-17(22-26(23,24)16-10-6-7-14(19)11-16)13(2)21-18(20-12)25-15-8-4-3-5-9-15/h3-11,22H,1-2H3. The molecule has 1 N–H and O–H groups in total. The first-order valence-corrected chi connectivity index (χ1v) is 9.58. The van der Waals surface area contributed by atoms with E-state index in [1.165, 1.54) is 12.1 Å². The summed E-state index contributed by atoms with van der Waals surface area (Å²) in [5.74, 6) is 0.596. The van der Waals surface area contributed by atoms with Crippen LogP contribution in [-0.4, -0.2) is 18.4 Å². The Morgan fingerprint density at radius 1 is 0.962 bits per heavy atom. The number of sulfonamides is 1. The van der Waals surface area contributed by atoms with E-state index in [4.69, 9.17) is 16.3 Å². The summed E-state index contributed by atoms with van der Waals surface area (Å²) in [5, 5.41) is 0.337. The second kappa shape index (κ2) is 7.31. The van der Waals surface area contributed by atoms with Crippen LogP contribution in [0.4, 0.5) is 5.69 Å². The molecule has 3 aromatic rings. The van der Waals surface area contributed by atoms with Crippen LogP contribution in [-0.2, 0) is 10.0 Å². The fraction of sp³-hybridized carbons (Fsp3) is 0.111. The first-order valence-electron chi connectivity index (χ1n) is 7.72.